The molecule has 0 fully saturated rings. The Balaban J connectivity index is 1.56. The Morgan fingerprint density at radius 3 is 2.63 bits per heavy atom. The van der Waals surface area contributed by atoms with Gasteiger partial charge in [-0.05, 0) is 36.3 Å². The van der Waals surface area contributed by atoms with E-state index in [-0.39, 0.29) is 18.6 Å². The Hall–Kier alpha value is -3.48. The summed E-state index contributed by atoms with van der Waals surface area (Å²) in [5, 5.41) is 0. The van der Waals surface area contributed by atoms with E-state index in [4.69, 9.17) is 18.9 Å². The first-order chi connectivity index (χ1) is 14.5. The molecule has 0 aromatic heterocycles. The summed E-state index contributed by atoms with van der Waals surface area (Å²) in [5.41, 5.74) is 1.70. The Bertz CT molecular complexity index is 908. The maximum absolute atomic E-state index is 12.4. The maximum Gasteiger partial charge on any atom is 0.331 e. The molecule has 0 N–H and O–H groups in total. The maximum atomic E-state index is 12.4. The summed E-state index contributed by atoms with van der Waals surface area (Å²) < 4.78 is 21.5. The summed E-state index contributed by atoms with van der Waals surface area (Å²) in [6.45, 7) is 2.49. The Kier molecular flexibility index (Phi) is 6.95. The molecule has 3 rings (SSSR count). The van der Waals surface area contributed by atoms with Crippen LogP contribution in [0, 0.1) is 0 Å². The minimum atomic E-state index is -0.613. The van der Waals surface area contributed by atoms with Crippen molar-refractivity contribution in [2.24, 2.45) is 0 Å². The zero-order valence-electron chi connectivity index (χ0n) is 17.3. The van der Waals surface area contributed by atoms with Crippen molar-refractivity contribution in [2.45, 2.75) is 13.0 Å². The van der Waals surface area contributed by atoms with Gasteiger partial charge in [-0.25, -0.2) is 4.79 Å². The van der Waals surface area contributed by atoms with Crippen LogP contribution in [0.3, 0.4) is 0 Å². The van der Waals surface area contributed by atoms with Gasteiger partial charge in [0.1, 0.15) is 13.2 Å². The van der Waals surface area contributed by atoms with E-state index in [1.165, 1.54) is 13.2 Å². The topological polar surface area (TPSA) is 74.3 Å². The normalized spacial score (nSPS) is 13.6. The van der Waals surface area contributed by atoms with Crippen molar-refractivity contribution >= 4 is 18.0 Å². The molecular formula is C23H25NO6. The summed E-state index contributed by atoms with van der Waals surface area (Å²) in [4.78, 5) is 26.0. The minimum absolute atomic E-state index is 0.127. The number of likely N-dealkylation sites (N-methyl/N-ethyl adjacent to an activating group) is 1. The molecule has 0 aliphatic carbocycles. The van der Waals surface area contributed by atoms with Crippen molar-refractivity contribution in [2.75, 3.05) is 34.0 Å². The number of amides is 1. The molecule has 0 saturated carbocycles. The van der Waals surface area contributed by atoms with E-state index in [2.05, 4.69) is 0 Å². The zero-order chi connectivity index (χ0) is 21.5. The summed E-state index contributed by atoms with van der Waals surface area (Å²) in [6.07, 6.45) is 2.84. The molecule has 30 heavy (non-hydrogen) atoms. The molecule has 1 heterocycles. The highest BCUT2D eigenvalue weighted by Crippen LogP contribution is 2.40. The fraction of sp³-hybridized carbons (Fsp3) is 0.304. The molecule has 0 spiro atoms. The number of hydrogen-bond acceptors (Lipinski definition) is 6. The first-order valence-electron chi connectivity index (χ1n) is 9.62. The van der Waals surface area contributed by atoms with Gasteiger partial charge in [0.05, 0.1) is 13.2 Å². The lowest BCUT2D eigenvalue weighted by Gasteiger charge is -2.25. The van der Waals surface area contributed by atoms with Gasteiger partial charge >= 0.3 is 5.97 Å². The molecule has 1 atom stereocenters. The van der Waals surface area contributed by atoms with Crippen LogP contribution in [-0.4, -0.2) is 50.8 Å². The second-order valence-electron chi connectivity index (χ2n) is 6.78. The fourth-order valence-electron chi connectivity index (χ4n) is 3.01. The molecule has 158 valence electrons. The second kappa shape index (κ2) is 9.82. The van der Waals surface area contributed by atoms with Gasteiger partial charge in [-0.1, -0.05) is 30.3 Å². The van der Waals surface area contributed by atoms with E-state index in [0.29, 0.717) is 36.0 Å². The van der Waals surface area contributed by atoms with E-state index >= 15 is 0 Å². The number of nitrogens with zero attached hydrogens (tertiary/aromatic N) is 1. The van der Waals surface area contributed by atoms with Crippen LogP contribution in [0.25, 0.3) is 6.08 Å². The third-order valence-electron chi connectivity index (χ3n) is 4.86. The Morgan fingerprint density at radius 1 is 1.17 bits per heavy atom. The highest BCUT2D eigenvalue weighted by Gasteiger charge is 2.19. The van der Waals surface area contributed by atoms with Crippen LogP contribution < -0.4 is 14.2 Å². The van der Waals surface area contributed by atoms with Gasteiger partial charge in [-0.15, -0.1) is 0 Å². The summed E-state index contributed by atoms with van der Waals surface area (Å²) in [6, 6.07) is 13.0. The zero-order valence-corrected chi connectivity index (χ0v) is 17.3. The Morgan fingerprint density at radius 2 is 1.90 bits per heavy atom. The quantitative estimate of drug-likeness (QED) is 0.514. The van der Waals surface area contributed by atoms with Gasteiger partial charge in [-0.2, -0.15) is 0 Å². The van der Waals surface area contributed by atoms with Gasteiger partial charge in [0.15, 0.2) is 18.1 Å². The third-order valence-corrected chi connectivity index (χ3v) is 4.86. The number of esters is 1. The first-order valence-corrected chi connectivity index (χ1v) is 9.62. The number of rotatable bonds is 7. The number of carbonyl (C=O) groups excluding carboxylic acids is 2. The third kappa shape index (κ3) is 5.11. The van der Waals surface area contributed by atoms with E-state index in [1.807, 2.05) is 37.3 Å². The molecule has 0 radical (unpaired) electrons. The predicted molar refractivity (Wildman–Crippen MR) is 112 cm³/mol. The molecule has 1 amide bonds. The van der Waals surface area contributed by atoms with E-state index in [9.17, 15) is 9.59 Å². The van der Waals surface area contributed by atoms with Crippen molar-refractivity contribution in [3.8, 4) is 17.2 Å². The van der Waals surface area contributed by atoms with Crippen LogP contribution in [0.15, 0.2) is 48.5 Å². The molecule has 2 aromatic rings. The smallest absolute Gasteiger partial charge is 0.331 e. The lowest BCUT2D eigenvalue weighted by molar-refractivity contribution is -0.148. The molecule has 7 heteroatoms. The average molecular weight is 411 g/mol. The molecule has 1 aliphatic rings. The molecular weight excluding hydrogens is 386 g/mol. The second-order valence-corrected chi connectivity index (χ2v) is 6.78. The van der Waals surface area contributed by atoms with Gasteiger partial charge in [-0.3, -0.25) is 4.79 Å². The number of benzene rings is 2. The minimum Gasteiger partial charge on any atom is -0.493 e. The lowest BCUT2D eigenvalue weighted by atomic mass is 10.1. The standard InChI is InChI=1S/C23H25NO6/c1-16(18-7-5-4-6-8-18)24(2)21(25)15-30-22(26)10-9-17-13-19(27-3)23-20(14-17)28-11-12-29-23/h4-10,13-14,16H,11-12,15H2,1-3H3/b10-9+/t16-/m0/s1. The van der Waals surface area contributed by atoms with Crippen LogP contribution in [0.1, 0.15) is 24.1 Å². The molecule has 7 nitrogen and oxygen atoms in total. The first kappa shape index (κ1) is 21.2. The summed E-state index contributed by atoms with van der Waals surface area (Å²) in [7, 11) is 3.22. The van der Waals surface area contributed by atoms with Crippen molar-refractivity contribution in [1.29, 1.82) is 0 Å². The highest BCUT2D eigenvalue weighted by atomic mass is 16.6. The van der Waals surface area contributed by atoms with Crippen molar-refractivity contribution in [1.82, 2.24) is 4.90 Å². The van der Waals surface area contributed by atoms with Crippen molar-refractivity contribution < 1.29 is 28.5 Å². The number of methoxy groups -OCH3 is 1. The SMILES string of the molecule is COc1cc(/C=C/C(=O)OCC(=O)N(C)[C@@H](C)c2ccccc2)cc2c1OCCO2. The summed E-state index contributed by atoms with van der Waals surface area (Å²) in [5.74, 6) is 0.726. The van der Waals surface area contributed by atoms with Gasteiger partial charge in [0.2, 0.25) is 5.75 Å². The fourth-order valence-corrected chi connectivity index (χ4v) is 3.01. The van der Waals surface area contributed by atoms with E-state index in [0.717, 1.165) is 5.56 Å². The largest absolute Gasteiger partial charge is 0.493 e. The number of fused-ring (bicyclic) bond motifs is 1. The van der Waals surface area contributed by atoms with Crippen LogP contribution in [0.2, 0.25) is 0 Å². The number of ether oxygens (including phenoxy) is 4. The number of hydrogen-bond donors (Lipinski definition) is 0. The molecule has 0 bridgehead atoms. The van der Waals surface area contributed by atoms with Crippen LogP contribution >= 0.6 is 0 Å². The van der Waals surface area contributed by atoms with Crippen molar-refractivity contribution in [3.05, 3.63) is 59.7 Å². The van der Waals surface area contributed by atoms with Gasteiger partial charge in [0, 0.05) is 13.1 Å². The predicted octanol–water partition coefficient (Wildman–Crippen LogP) is 3.24. The van der Waals surface area contributed by atoms with E-state index < -0.39 is 5.97 Å². The molecule has 0 saturated heterocycles. The Labute approximate surface area is 175 Å². The molecule has 1 aliphatic heterocycles. The van der Waals surface area contributed by atoms with Crippen LogP contribution in [-0.2, 0) is 14.3 Å². The number of carbonyl (C=O) groups is 2. The lowest BCUT2D eigenvalue weighted by Crippen LogP contribution is -2.33. The highest BCUT2D eigenvalue weighted by molar-refractivity contribution is 5.89. The van der Waals surface area contributed by atoms with Crippen LogP contribution in [0.5, 0.6) is 17.2 Å². The monoisotopic (exact) mass is 411 g/mol. The molecule has 2 aromatic carbocycles. The van der Waals surface area contributed by atoms with Crippen LogP contribution in [0.4, 0.5) is 0 Å². The van der Waals surface area contributed by atoms with Gasteiger partial charge in [0.25, 0.3) is 5.91 Å². The van der Waals surface area contributed by atoms with E-state index in [1.54, 1.807) is 30.2 Å². The molecule has 0 unspecified atom stereocenters. The summed E-state index contributed by atoms with van der Waals surface area (Å²) >= 11 is 0. The van der Waals surface area contributed by atoms with Crippen molar-refractivity contribution in [3.63, 3.8) is 0 Å². The van der Waals surface area contributed by atoms with Gasteiger partial charge < -0.3 is 23.8 Å². The average Bonchev–Trinajstić information content (AvgIpc) is 2.80.